The van der Waals surface area contributed by atoms with Gasteiger partial charge in [-0.05, 0) is 64.3 Å². The summed E-state index contributed by atoms with van der Waals surface area (Å²) >= 11 is 0. The standard InChI is InChI=1S/C27H31NO6/c1-17-20-13-14-22(32-23(29)12-9-15-28-26(31)34-27(3,4)5)18(2)24(20)33-25(30)21(17)16-19-10-7-6-8-11-19/h6-8,10-11,13-14H,9,12,15-16H2,1-5H3,(H,28,31). The Balaban J connectivity index is 1.67. The number of alkyl carbamates (subject to hydrolysis) is 1. The largest absolute Gasteiger partial charge is 0.444 e. The third-order valence-electron chi connectivity index (χ3n) is 5.33. The quantitative estimate of drug-likeness (QED) is 0.223. The second-order valence-electron chi connectivity index (χ2n) is 9.23. The van der Waals surface area contributed by atoms with Crippen molar-refractivity contribution in [2.24, 2.45) is 0 Å². The molecular formula is C27H31NO6. The Kier molecular flexibility index (Phi) is 7.76. The first-order valence-electron chi connectivity index (χ1n) is 11.3. The number of esters is 1. The highest BCUT2D eigenvalue weighted by Gasteiger charge is 2.18. The molecule has 34 heavy (non-hydrogen) atoms. The van der Waals surface area contributed by atoms with E-state index in [9.17, 15) is 14.4 Å². The monoisotopic (exact) mass is 465 g/mol. The van der Waals surface area contributed by atoms with Gasteiger partial charge < -0.3 is 19.2 Å². The van der Waals surface area contributed by atoms with Gasteiger partial charge in [-0.1, -0.05) is 30.3 Å². The predicted octanol–water partition coefficient (Wildman–Crippen LogP) is 5.21. The number of aryl methyl sites for hydroxylation is 2. The van der Waals surface area contributed by atoms with E-state index in [-0.39, 0.29) is 6.42 Å². The van der Waals surface area contributed by atoms with Crippen molar-refractivity contribution in [3.63, 3.8) is 0 Å². The van der Waals surface area contributed by atoms with Crippen molar-refractivity contribution < 1.29 is 23.5 Å². The molecule has 180 valence electrons. The molecule has 1 amide bonds. The number of rotatable bonds is 7. The second kappa shape index (κ2) is 10.5. The van der Waals surface area contributed by atoms with Crippen molar-refractivity contribution in [3.05, 3.63) is 75.1 Å². The van der Waals surface area contributed by atoms with Gasteiger partial charge in [-0.3, -0.25) is 4.79 Å². The fraction of sp³-hybridized carbons (Fsp3) is 0.370. The minimum atomic E-state index is -0.577. The molecule has 3 aromatic rings. The van der Waals surface area contributed by atoms with Crippen molar-refractivity contribution in [3.8, 4) is 5.75 Å². The van der Waals surface area contributed by atoms with Gasteiger partial charge in [-0.2, -0.15) is 0 Å². The third-order valence-corrected chi connectivity index (χ3v) is 5.33. The van der Waals surface area contributed by atoms with E-state index in [1.807, 2.05) is 43.3 Å². The molecule has 0 aliphatic carbocycles. The molecule has 0 aliphatic rings. The van der Waals surface area contributed by atoms with Gasteiger partial charge in [0.15, 0.2) is 0 Å². The first kappa shape index (κ1) is 25.0. The summed E-state index contributed by atoms with van der Waals surface area (Å²) in [5, 5.41) is 3.42. The summed E-state index contributed by atoms with van der Waals surface area (Å²) < 4.78 is 16.3. The zero-order chi connectivity index (χ0) is 24.9. The summed E-state index contributed by atoms with van der Waals surface area (Å²) in [5.74, 6) is -0.0934. The van der Waals surface area contributed by atoms with E-state index >= 15 is 0 Å². The van der Waals surface area contributed by atoms with E-state index in [1.165, 1.54) is 0 Å². The number of carbonyl (C=O) groups is 2. The van der Waals surface area contributed by atoms with Crippen LogP contribution in [0.15, 0.2) is 51.7 Å². The Morgan fingerprint density at radius 1 is 1.00 bits per heavy atom. The lowest BCUT2D eigenvalue weighted by Gasteiger charge is -2.19. The molecular weight excluding hydrogens is 434 g/mol. The van der Waals surface area contributed by atoms with Crippen LogP contribution in [-0.4, -0.2) is 24.2 Å². The van der Waals surface area contributed by atoms with Gasteiger partial charge in [0, 0.05) is 35.9 Å². The second-order valence-corrected chi connectivity index (χ2v) is 9.23. The molecule has 1 aromatic heterocycles. The van der Waals surface area contributed by atoms with E-state index in [4.69, 9.17) is 13.9 Å². The number of fused-ring (bicyclic) bond motifs is 1. The number of amides is 1. The van der Waals surface area contributed by atoms with E-state index in [0.29, 0.717) is 41.8 Å². The molecule has 0 saturated carbocycles. The number of nitrogens with one attached hydrogen (secondary N) is 1. The Labute approximate surface area is 199 Å². The summed E-state index contributed by atoms with van der Waals surface area (Å²) in [7, 11) is 0. The minimum absolute atomic E-state index is 0.117. The van der Waals surface area contributed by atoms with E-state index in [2.05, 4.69) is 5.32 Å². The van der Waals surface area contributed by atoms with Crippen LogP contribution in [0.1, 0.15) is 55.9 Å². The molecule has 0 spiro atoms. The van der Waals surface area contributed by atoms with Crippen LogP contribution >= 0.6 is 0 Å². The summed E-state index contributed by atoms with van der Waals surface area (Å²) in [6.45, 7) is 9.30. The fourth-order valence-electron chi connectivity index (χ4n) is 3.60. The van der Waals surface area contributed by atoms with Crippen molar-refractivity contribution in [2.75, 3.05) is 6.54 Å². The smallest absolute Gasteiger partial charge is 0.407 e. The van der Waals surface area contributed by atoms with Crippen LogP contribution in [0.3, 0.4) is 0 Å². The highest BCUT2D eigenvalue weighted by atomic mass is 16.6. The SMILES string of the molecule is Cc1c(Cc2ccccc2)c(=O)oc2c(C)c(OC(=O)CCCNC(=O)OC(C)(C)C)ccc12. The molecule has 7 nitrogen and oxygen atoms in total. The Morgan fingerprint density at radius 2 is 1.71 bits per heavy atom. The van der Waals surface area contributed by atoms with Crippen LogP contribution in [0.2, 0.25) is 0 Å². The highest BCUT2D eigenvalue weighted by Crippen LogP contribution is 2.30. The number of carbonyl (C=O) groups excluding carboxylic acids is 2. The molecule has 1 heterocycles. The number of hydrogen-bond acceptors (Lipinski definition) is 6. The maximum atomic E-state index is 12.7. The fourth-order valence-corrected chi connectivity index (χ4v) is 3.60. The van der Waals surface area contributed by atoms with Crippen LogP contribution < -0.4 is 15.7 Å². The molecule has 0 aliphatic heterocycles. The van der Waals surface area contributed by atoms with Crippen LogP contribution in [0.25, 0.3) is 11.0 Å². The van der Waals surface area contributed by atoms with Crippen molar-refractivity contribution in [2.45, 2.75) is 59.5 Å². The highest BCUT2D eigenvalue weighted by molar-refractivity contribution is 5.86. The first-order chi connectivity index (χ1) is 16.0. The summed E-state index contributed by atoms with van der Waals surface area (Å²) in [6.07, 6.45) is 0.481. The number of hydrogen-bond donors (Lipinski definition) is 1. The normalized spacial score (nSPS) is 11.3. The van der Waals surface area contributed by atoms with Crippen molar-refractivity contribution in [1.82, 2.24) is 5.32 Å². The van der Waals surface area contributed by atoms with E-state index in [0.717, 1.165) is 16.5 Å². The van der Waals surface area contributed by atoms with E-state index < -0.39 is 23.3 Å². The van der Waals surface area contributed by atoms with Gasteiger partial charge in [0.2, 0.25) is 0 Å². The third kappa shape index (κ3) is 6.47. The van der Waals surface area contributed by atoms with Crippen LogP contribution in [0.4, 0.5) is 4.79 Å². The maximum absolute atomic E-state index is 12.7. The van der Waals surface area contributed by atoms with Gasteiger partial charge >= 0.3 is 17.7 Å². The average molecular weight is 466 g/mol. The van der Waals surface area contributed by atoms with Gasteiger partial charge in [0.1, 0.15) is 16.9 Å². The summed E-state index contributed by atoms with van der Waals surface area (Å²) in [5.41, 5.74) is 2.52. The summed E-state index contributed by atoms with van der Waals surface area (Å²) in [4.78, 5) is 36.7. The van der Waals surface area contributed by atoms with Crippen molar-refractivity contribution >= 4 is 23.0 Å². The lowest BCUT2D eigenvalue weighted by molar-refractivity contribution is -0.134. The number of ether oxygens (including phenoxy) is 2. The topological polar surface area (TPSA) is 94.8 Å². The molecule has 0 radical (unpaired) electrons. The molecule has 0 atom stereocenters. The van der Waals surface area contributed by atoms with Gasteiger partial charge in [0.25, 0.3) is 0 Å². The molecule has 3 rings (SSSR count). The Hall–Kier alpha value is -3.61. The maximum Gasteiger partial charge on any atom is 0.407 e. The average Bonchev–Trinajstić information content (AvgIpc) is 2.76. The molecule has 7 heteroatoms. The molecule has 1 N–H and O–H groups in total. The molecule has 0 fully saturated rings. The first-order valence-corrected chi connectivity index (χ1v) is 11.3. The number of benzene rings is 2. The van der Waals surface area contributed by atoms with Gasteiger partial charge in [-0.15, -0.1) is 0 Å². The van der Waals surface area contributed by atoms with Gasteiger partial charge in [-0.25, -0.2) is 9.59 Å². The Morgan fingerprint density at radius 3 is 2.38 bits per heavy atom. The predicted molar refractivity (Wildman–Crippen MR) is 130 cm³/mol. The molecule has 0 bridgehead atoms. The Bertz CT molecular complexity index is 1240. The van der Waals surface area contributed by atoms with E-state index in [1.54, 1.807) is 33.8 Å². The molecule has 2 aromatic carbocycles. The zero-order valence-electron chi connectivity index (χ0n) is 20.3. The van der Waals surface area contributed by atoms with Crippen LogP contribution in [0, 0.1) is 13.8 Å². The lowest BCUT2D eigenvalue weighted by Crippen LogP contribution is -2.33. The van der Waals surface area contributed by atoms with Gasteiger partial charge in [0.05, 0.1) is 0 Å². The minimum Gasteiger partial charge on any atom is -0.444 e. The lowest BCUT2D eigenvalue weighted by atomic mass is 9.98. The summed E-state index contributed by atoms with van der Waals surface area (Å²) in [6, 6.07) is 13.3. The zero-order valence-corrected chi connectivity index (χ0v) is 20.3. The molecule has 0 unspecified atom stereocenters. The van der Waals surface area contributed by atoms with Crippen molar-refractivity contribution in [1.29, 1.82) is 0 Å². The van der Waals surface area contributed by atoms with Crippen LogP contribution in [-0.2, 0) is 16.0 Å². The van der Waals surface area contributed by atoms with Crippen LogP contribution in [0.5, 0.6) is 5.75 Å². The molecule has 0 saturated heterocycles.